The van der Waals surface area contributed by atoms with Crippen molar-refractivity contribution >= 4 is 11.6 Å². The number of hydrogen-bond donors (Lipinski definition) is 1. The highest BCUT2D eigenvalue weighted by atomic mass is 35.5. The summed E-state index contributed by atoms with van der Waals surface area (Å²) >= 11 is 5.85. The average Bonchev–Trinajstić information content (AvgIpc) is 2.03. The summed E-state index contributed by atoms with van der Waals surface area (Å²) in [6.45, 7) is 4.81. The molecule has 0 radical (unpaired) electrons. The lowest BCUT2D eigenvalue weighted by Crippen LogP contribution is -2.05. The van der Waals surface area contributed by atoms with E-state index in [-0.39, 0.29) is 0 Å². The number of hydrogen-bond acceptors (Lipinski definition) is 2. The topological polar surface area (TPSA) is 38.9 Å². The van der Waals surface area contributed by atoms with E-state index in [9.17, 15) is 0 Å². The van der Waals surface area contributed by atoms with Crippen molar-refractivity contribution in [3.8, 4) is 0 Å². The minimum Gasteiger partial charge on any atom is -0.330 e. The van der Waals surface area contributed by atoms with Gasteiger partial charge in [-0.05, 0) is 43.5 Å². The highest BCUT2D eigenvalue weighted by molar-refractivity contribution is 6.29. The van der Waals surface area contributed by atoms with Gasteiger partial charge in [0.1, 0.15) is 5.15 Å². The second-order valence-corrected chi connectivity index (χ2v) is 3.73. The van der Waals surface area contributed by atoms with Crippen molar-refractivity contribution in [2.45, 2.75) is 26.2 Å². The largest absolute Gasteiger partial charge is 0.330 e. The standard InChI is InChI=1S/C10H15ClN2/c1-7(3-4-12)9-5-8(2)13-10(11)6-9/h5-7H,3-4,12H2,1-2H3. The summed E-state index contributed by atoms with van der Waals surface area (Å²) in [5, 5.41) is 0.568. The number of pyridine rings is 1. The lowest BCUT2D eigenvalue weighted by molar-refractivity contribution is 0.688. The van der Waals surface area contributed by atoms with Gasteiger partial charge >= 0.3 is 0 Å². The minimum absolute atomic E-state index is 0.462. The monoisotopic (exact) mass is 198 g/mol. The Labute approximate surface area is 84.1 Å². The van der Waals surface area contributed by atoms with Crippen LogP contribution in [0.15, 0.2) is 12.1 Å². The Balaban J connectivity index is 2.87. The number of aromatic nitrogens is 1. The van der Waals surface area contributed by atoms with E-state index < -0.39 is 0 Å². The van der Waals surface area contributed by atoms with Crippen molar-refractivity contribution in [3.63, 3.8) is 0 Å². The fourth-order valence-corrected chi connectivity index (χ4v) is 1.61. The van der Waals surface area contributed by atoms with E-state index >= 15 is 0 Å². The summed E-state index contributed by atoms with van der Waals surface area (Å²) in [5.41, 5.74) is 7.68. The van der Waals surface area contributed by atoms with E-state index in [0.29, 0.717) is 17.6 Å². The van der Waals surface area contributed by atoms with Crippen LogP contribution in [-0.4, -0.2) is 11.5 Å². The molecule has 1 heterocycles. The van der Waals surface area contributed by atoms with Crippen LogP contribution in [0.2, 0.25) is 5.15 Å². The normalized spacial score (nSPS) is 12.9. The number of nitrogens with two attached hydrogens (primary N) is 1. The van der Waals surface area contributed by atoms with Gasteiger partial charge in [-0.2, -0.15) is 0 Å². The maximum Gasteiger partial charge on any atom is 0.129 e. The molecule has 1 rings (SSSR count). The van der Waals surface area contributed by atoms with Crippen LogP contribution in [0.25, 0.3) is 0 Å². The molecule has 2 N–H and O–H groups in total. The van der Waals surface area contributed by atoms with E-state index in [1.165, 1.54) is 5.56 Å². The first kappa shape index (κ1) is 10.5. The van der Waals surface area contributed by atoms with Crippen LogP contribution in [0, 0.1) is 6.92 Å². The van der Waals surface area contributed by atoms with E-state index in [2.05, 4.69) is 18.0 Å². The van der Waals surface area contributed by atoms with Gasteiger partial charge < -0.3 is 5.73 Å². The third-order valence-electron chi connectivity index (χ3n) is 2.11. The van der Waals surface area contributed by atoms with Gasteiger partial charge in [-0.3, -0.25) is 0 Å². The quantitative estimate of drug-likeness (QED) is 0.758. The molecule has 0 saturated carbocycles. The molecule has 0 aliphatic carbocycles. The van der Waals surface area contributed by atoms with Crippen LogP contribution in [0.4, 0.5) is 0 Å². The Morgan fingerprint density at radius 2 is 2.23 bits per heavy atom. The Morgan fingerprint density at radius 1 is 1.54 bits per heavy atom. The van der Waals surface area contributed by atoms with Crippen molar-refractivity contribution in [3.05, 3.63) is 28.5 Å². The number of rotatable bonds is 3. The second kappa shape index (κ2) is 4.58. The lowest BCUT2D eigenvalue weighted by Gasteiger charge is -2.10. The lowest BCUT2D eigenvalue weighted by atomic mass is 9.98. The summed E-state index contributed by atoms with van der Waals surface area (Å²) in [6, 6.07) is 3.97. The van der Waals surface area contributed by atoms with Crippen molar-refractivity contribution < 1.29 is 0 Å². The molecule has 1 aromatic heterocycles. The van der Waals surface area contributed by atoms with Gasteiger partial charge in [-0.1, -0.05) is 18.5 Å². The molecule has 0 saturated heterocycles. The van der Waals surface area contributed by atoms with E-state index in [0.717, 1.165) is 12.1 Å². The zero-order valence-corrected chi connectivity index (χ0v) is 8.80. The Morgan fingerprint density at radius 3 is 2.77 bits per heavy atom. The third kappa shape index (κ3) is 2.98. The summed E-state index contributed by atoms with van der Waals surface area (Å²) in [4.78, 5) is 4.11. The van der Waals surface area contributed by atoms with Gasteiger partial charge in [-0.25, -0.2) is 4.98 Å². The summed E-state index contributed by atoms with van der Waals surface area (Å²) in [5.74, 6) is 0.462. The van der Waals surface area contributed by atoms with Crippen molar-refractivity contribution in [2.75, 3.05) is 6.54 Å². The van der Waals surface area contributed by atoms with Crippen LogP contribution < -0.4 is 5.73 Å². The van der Waals surface area contributed by atoms with Crippen LogP contribution in [0.3, 0.4) is 0 Å². The number of aryl methyl sites for hydroxylation is 1. The van der Waals surface area contributed by atoms with Crippen molar-refractivity contribution in [1.29, 1.82) is 0 Å². The molecule has 0 aromatic carbocycles. The fourth-order valence-electron chi connectivity index (χ4n) is 1.35. The van der Waals surface area contributed by atoms with Gasteiger partial charge in [-0.15, -0.1) is 0 Å². The SMILES string of the molecule is Cc1cc(C(C)CCN)cc(Cl)n1. The van der Waals surface area contributed by atoms with Crippen LogP contribution >= 0.6 is 11.6 Å². The zero-order chi connectivity index (χ0) is 9.84. The molecule has 3 heteroatoms. The maximum atomic E-state index is 5.85. The average molecular weight is 199 g/mol. The molecule has 1 aromatic rings. The first-order valence-corrected chi connectivity index (χ1v) is 4.85. The molecule has 2 nitrogen and oxygen atoms in total. The molecule has 0 fully saturated rings. The van der Waals surface area contributed by atoms with Gasteiger partial charge in [0.05, 0.1) is 0 Å². The van der Waals surface area contributed by atoms with Crippen molar-refractivity contribution in [2.24, 2.45) is 5.73 Å². The maximum absolute atomic E-state index is 5.85. The summed E-state index contributed by atoms with van der Waals surface area (Å²) < 4.78 is 0. The second-order valence-electron chi connectivity index (χ2n) is 3.34. The van der Waals surface area contributed by atoms with Crippen molar-refractivity contribution in [1.82, 2.24) is 4.98 Å². The van der Waals surface area contributed by atoms with Gasteiger partial charge in [0, 0.05) is 5.69 Å². The number of halogens is 1. The molecule has 1 atom stereocenters. The van der Waals surface area contributed by atoms with Crippen LogP contribution in [-0.2, 0) is 0 Å². The Kier molecular flexibility index (Phi) is 3.70. The van der Waals surface area contributed by atoms with Gasteiger partial charge in [0.25, 0.3) is 0 Å². The molecule has 0 spiro atoms. The minimum atomic E-state index is 0.462. The van der Waals surface area contributed by atoms with Crippen LogP contribution in [0.1, 0.15) is 30.5 Å². The first-order valence-electron chi connectivity index (χ1n) is 4.47. The predicted molar refractivity (Wildman–Crippen MR) is 56.1 cm³/mol. The van der Waals surface area contributed by atoms with E-state index in [1.54, 1.807) is 0 Å². The smallest absolute Gasteiger partial charge is 0.129 e. The molecular weight excluding hydrogens is 184 g/mol. The van der Waals surface area contributed by atoms with Crippen LogP contribution in [0.5, 0.6) is 0 Å². The molecule has 13 heavy (non-hydrogen) atoms. The summed E-state index contributed by atoms with van der Waals surface area (Å²) in [6.07, 6.45) is 0.986. The zero-order valence-electron chi connectivity index (χ0n) is 8.05. The van der Waals surface area contributed by atoms with Gasteiger partial charge in [0.15, 0.2) is 0 Å². The van der Waals surface area contributed by atoms with E-state index in [1.807, 2.05) is 13.0 Å². The van der Waals surface area contributed by atoms with E-state index in [4.69, 9.17) is 17.3 Å². The summed E-state index contributed by atoms with van der Waals surface area (Å²) in [7, 11) is 0. The first-order chi connectivity index (χ1) is 6.13. The molecule has 0 bridgehead atoms. The molecule has 1 unspecified atom stereocenters. The predicted octanol–water partition coefficient (Wildman–Crippen LogP) is 2.50. The third-order valence-corrected chi connectivity index (χ3v) is 2.31. The highest BCUT2D eigenvalue weighted by Crippen LogP contribution is 2.21. The Bertz CT molecular complexity index is 266. The Hall–Kier alpha value is -0.600. The molecule has 0 aliphatic rings. The molecule has 0 aliphatic heterocycles. The fraction of sp³-hybridized carbons (Fsp3) is 0.500. The highest BCUT2D eigenvalue weighted by Gasteiger charge is 2.06. The number of nitrogens with zero attached hydrogens (tertiary/aromatic N) is 1. The molecule has 0 amide bonds. The molecule has 72 valence electrons. The molecular formula is C10H15ClN2. The van der Waals surface area contributed by atoms with Gasteiger partial charge in [0.2, 0.25) is 0 Å².